The van der Waals surface area contributed by atoms with Crippen LogP contribution in [0.1, 0.15) is 31.4 Å². The van der Waals surface area contributed by atoms with Crippen molar-refractivity contribution in [2.45, 2.75) is 33.6 Å². The van der Waals surface area contributed by atoms with E-state index in [1.165, 1.54) is 5.56 Å². The van der Waals surface area contributed by atoms with Gasteiger partial charge in [0.2, 0.25) is 11.8 Å². The number of hydrogen-bond acceptors (Lipinski definition) is 2. The van der Waals surface area contributed by atoms with Crippen LogP contribution in [-0.4, -0.2) is 47.8 Å². The van der Waals surface area contributed by atoms with Gasteiger partial charge in [-0.05, 0) is 37.0 Å². The van der Waals surface area contributed by atoms with Crippen molar-refractivity contribution in [3.05, 3.63) is 59.7 Å². The molecule has 1 fully saturated rings. The molecule has 1 aliphatic heterocycles. The molecule has 3 rings (SSSR count). The standard InChI is InChI=1S/C24H30N2O2/c1-4-23(27)26-15-14-25(5-2)24(28)21(17-26)16-20-8-6-7-9-22(20)19-12-10-18(3)11-13-19/h6-13,21H,4-5,14-17H2,1-3H3. The molecule has 0 aliphatic carbocycles. The molecule has 0 saturated carbocycles. The maximum absolute atomic E-state index is 13.1. The van der Waals surface area contributed by atoms with Crippen LogP contribution < -0.4 is 0 Å². The van der Waals surface area contributed by atoms with E-state index in [0.717, 1.165) is 16.7 Å². The molecule has 148 valence electrons. The lowest BCUT2D eigenvalue weighted by molar-refractivity contribution is -0.134. The van der Waals surface area contributed by atoms with Crippen LogP contribution >= 0.6 is 0 Å². The van der Waals surface area contributed by atoms with Crippen molar-refractivity contribution >= 4 is 11.8 Å². The Labute approximate surface area is 168 Å². The first-order valence-corrected chi connectivity index (χ1v) is 10.2. The smallest absolute Gasteiger partial charge is 0.227 e. The summed E-state index contributed by atoms with van der Waals surface area (Å²) < 4.78 is 0. The highest BCUT2D eigenvalue weighted by Gasteiger charge is 2.31. The summed E-state index contributed by atoms with van der Waals surface area (Å²) in [5, 5.41) is 0. The zero-order valence-electron chi connectivity index (χ0n) is 17.1. The van der Waals surface area contributed by atoms with Gasteiger partial charge in [0.15, 0.2) is 0 Å². The Morgan fingerprint density at radius 1 is 1.04 bits per heavy atom. The summed E-state index contributed by atoms with van der Waals surface area (Å²) in [6.07, 6.45) is 1.12. The lowest BCUT2D eigenvalue weighted by Crippen LogP contribution is -2.37. The predicted molar refractivity (Wildman–Crippen MR) is 113 cm³/mol. The van der Waals surface area contributed by atoms with Gasteiger partial charge < -0.3 is 9.80 Å². The van der Waals surface area contributed by atoms with E-state index in [0.29, 0.717) is 39.0 Å². The SMILES string of the molecule is CCC(=O)N1CCN(CC)C(=O)C(Cc2ccccc2-c2ccc(C)cc2)C1. The van der Waals surface area contributed by atoms with Crippen LogP contribution in [0, 0.1) is 12.8 Å². The van der Waals surface area contributed by atoms with Gasteiger partial charge in [0.1, 0.15) is 0 Å². The number of nitrogens with zero attached hydrogens (tertiary/aromatic N) is 2. The van der Waals surface area contributed by atoms with E-state index in [9.17, 15) is 9.59 Å². The summed E-state index contributed by atoms with van der Waals surface area (Å²) >= 11 is 0. The van der Waals surface area contributed by atoms with Crippen LogP contribution in [-0.2, 0) is 16.0 Å². The Bertz CT molecular complexity index is 829. The first-order chi connectivity index (χ1) is 13.5. The highest BCUT2D eigenvalue weighted by atomic mass is 16.2. The molecule has 0 radical (unpaired) electrons. The number of hydrogen-bond donors (Lipinski definition) is 0. The molecule has 4 nitrogen and oxygen atoms in total. The number of carbonyl (C=O) groups excluding carboxylic acids is 2. The van der Waals surface area contributed by atoms with E-state index in [-0.39, 0.29) is 17.7 Å². The second-order valence-electron chi connectivity index (χ2n) is 7.54. The van der Waals surface area contributed by atoms with Crippen molar-refractivity contribution in [2.75, 3.05) is 26.2 Å². The number of rotatable bonds is 5. The quantitative estimate of drug-likeness (QED) is 0.791. The van der Waals surface area contributed by atoms with Gasteiger partial charge in [-0.15, -0.1) is 0 Å². The van der Waals surface area contributed by atoms with Gasteiger partial charge in [-0.2, -0.15) is 0 Å². The van der Waals surface area contributed by atoms with Crippen LogP contribution in [0.3, 0.4) is 0 Å². The van der Waals surface area contributed by atoms with Gasteiger partial charge in [0.25, 0.3) is 0 Å². The van der Waals surface area contributed by atoms with Gasteiger partial charge in [0.05, 0.1) is 5.92 Å². The summed E-state index contributed by atoms with van der Waals surface area (Å²) in [4.78, 5) is 29.2. The van der Waals surface area contributed by atoms with E-state index in [2.05, 4.69) is 43.3 Å². The molecule has 28 heavy (non-hydrogen) atoms. The molecule has 2 amide bonds. The molecular weight excluding hydrogens is 348 g/mol. The largest absolute Gasteiger partial charge is 0.341 e. The van der Waals surface area contributed by atoms with Gasteiger partial charge in [-0.25, -0.2) is 0 Å². The summed E-state index contributed by atoms with van der Waals surface area (Å²) in [6, 6.07) is 16.8. The third kappa shape index (κ3) is 4.44. The fraction of sp³-hybridized carbons (Fsp3) is 0.417. The maximum atomic E-state index is 13.1. The van der Waals surface area contributed by atoms with Crippen molar-refractivity contribution < 1.29 is 9.59 Å². The zero-order valence-corrected chi connectivity index (χ0v) is 17.1. The molecule has 1 aliphatic rings. The minimum atomic E-state index is -0.204. The van der Waals surface area contributed by atoms with Crippen LogP contribution in [0.15, 0.2) is 48.5 Å². The minimum absolute atomic E-state index is 0.127. The summed E-state index contributed by atoms with van der Waals surface area (Å²) in [5.74, 6) is 0.0831. The minimum Gasteiger partial charge on any atom is -0.341 e. The zero-order chi connectivity index (χ0) is 20.1. The molecule has 1 heterocycles. The predicted octanol–water partition coefficient (Wildman–Crippen LogP) is 3.92. The molecule has 0 bridgehead atoms. The highest BCUT2D eigenvalue weighted by molar-refractivity contribution is 5.82. The third-order valence-electron chi connectivity index (χ3n) is 5.62. The Hall–Kier alpha value is -2.62. The third-order valence-corrected chi connectivity index (χ3v) is 5.62. The summed E-state index contributed by atoms with van der Waals surface area (Å²) in [7, 11) is 0. The van der Waals surface area contributed by atoms with Gasteiger partial charge >= 0.3 is 0 Å². The Morgan fingerprint density at radius 3 is 2.43 bits per heavy atom. The van der Waals surface area contributed by atoms with E-state index >= 15 is 0 Å². The number of benzene rings is 2. The average Bonchev–Trinajstić information content (AvgIpc) is 2.87. The second kappa shape index (κ2) is 9.05. The number of aryl methyl sites for hydroxylation is 1. The van der Waals surface area contributed by atoms with Crippen molar-refractivity contribution in [3.63, 3.8) is 0 Å². The maximum Gasteiger partial charge on any atom is 0.227 e. The fourth-order valence-electron chi connectivity index (χ4n) is 3.94. The number of amides is 2. The summed E-state index contributed by atoms with van der Waals surface area (Å²) in [6.45, 7) is 8.41. The van der Waals surface area contributed by atoms with Gasteiger partial charge in [-0.1, -0.05) is 61.0 Å². The molecule has 1 atom stereocenters. The molecule has 0 aromatic heterocycles. The Balaban J connectivity index is 1.91. The lowest BCUT2D eigenvalue weighted by Gasteiger charge is -2.24. The highest BCUT2D eigenvalue weighted by Crippen LogP contribution is 2.27. The molecular formula is C24H30N2O2. The van der Waals surface area contributed by atoms with Crippen LogP contribution in [0.25, 0.3) is 11.1 Å². The average molecular weight is 379 g/mol. The van der Waals surface area contributed by atoms with Crippen molar-refractivity contribution in [3.8, 4) is 11.1 Å². The first-order valence-electron chi connectivity index (χ1n) is 10.2. The van der Waals surface area contributed by atoms with Crippen molar-refractivity contribution in [2.24, 2.45) is 5.92 Å². The second-order valence-corrected chi connectivity index (χ2v) is 7.54. The summed E-state index contributed by atoms with van der Waals surface area (Å²) in [5.41, 5.74) is 4.71. The molecule has 1 unspecified atom stereocenters. The fourth-order valence-corrected chi connectivity index (χ4v) is 3.94. The normalized spacial score (nSPS) is 17.5. The van der Waals surface area contributed by atoms with E-state index in [4.69, 9.17) is 0 Å². The van der Waals surface area contributed by atoms with E-state index in [1.807, 2.05) is 35.8 Å². The monoisotopic (exact) mass is 378 g/mol. The van der Waals surface area contributed by atoms with Crippen molar-refractivity contribution in [1.82, 2.24) is 9.80 Å². The van der Waals surface area contributed by atoms with Crippen molar-refractivity contribution in [1.29, 1.82) is 0 Å². The molecule has 2 aromatic rings. The van der Waals surface area contributed by atoms with E-state index < -0.39 is 0 Å². The number of carbonyl (C=O) groups is 2. The molecule has 4 heteroatoms. The Kier molecular flexibility index (Phi) is 6.50. The van der Waals surface area contributed by atoms with E-state index in [1.54, 1.807) is 0 Å². The topological polar surface area (TPSA) is 40.6 Å². The molecule has 2 aromatic carbocycles. The van der Waals surface area contributed by atoms with Crippen LogP contribution in [0.4, 0.5) is 0 Å². The molecule has 0 spiro atoms. The van der Waals surface area contributed by atoms with Gasteiger partial charge in [-0.3, -0.25) is 9.59 Å². The molecule has 1 saturated heterocycles. The number of likely N-dealkylation sites (N-methyl/N-ethyl adjacent to an activating group) is 1. The lowest BCUT2D eigenvalue weighted by atomic mass is 9.91. The Morgan fingerprint density at radius 2 is 1.75 bits per heavy atom. The van der Waals surface area contributed by atoms with Crippen LogP contribution in [0.2, 0.25) is 0 Å². The van der Waals surface area contributed by atoms with Crippen LogP contribution in [0.5, 0.6) is 0 Å². The molecule has 0 N–H and O–H groups in total. The first kappa shape index (κ1) is 20.1. The van der Waals surface area contributed by atoms with Gasteiger partial charge in [0, 0.05) is 32.6 Å².